The molecule has 3 rings (SSSR count). The summed E-state index contributed by atoms with van der Waals surface area (Å²) in [4.78, 5) is 40.0. The van der Waals surface area contributed by atoms with Gasteiger partial charge in [-0.2, -0.15) is 0 Å². The van der Waals surface area contributed by atoms with Gasteiger partial charge in [-0.25, -0.2) is 4.79 Å². The van der Waals surface area contributed by atoms with Gasteiger partial charge in [-0.05, 0) is 25.1 Å². The maximum absolute atomic E-state index is 12.4. The Balaban J connectivity index is 1.52. The summed E-state index contributed by atoms with van der Waals surface area (Å²) in [6.07, 6.45) is 1.57. The highest BCUT2D eigenvalue weighted by Gasteiger charge is 2.24. The number of carbonyl (C=O) groups is 3. The van der Waals surface area contributed by atoms with E-state index in [1.807, 2.05) is 24.3 Å². The number of benzene rings is 1. The number of methoxy groups -OCH3 is 1. The fraction of sp³-hybridized carbons (Fsp3) is 0.381. The van der Waals surface area contributed by atoms with E-state index in [0.717, 1.165) is 11.4 Å². The number of para-hydroxylation sites is 2. The highest BCUT2D eigenvalue weighted by Crippen LogP contribution is 2.28. The summed E-state index contributed by atoms with van der Waals surface area (Å²) in [5, 5.41) is 0. The van der Waals surface area contributed by atoms with Crippen molar-refractivity contribution < 1.29 is 23.9 Å². The van der Waals surface area contributed by atoms with Crippen LogP contribution in [0, 0.1) is 0 Å². The first-order valence-electron chi connectivity index (χ1n) is 9.41. The monoisotopic (exact) mass is 399 g/mol. The summed E-state index contributed by atoms with van der Waals surface area (Å²) in [5.74, 6) is -0.197. The molecular weight excluding hydrogens is 374 g/mol. The third kappa shape index (κ3) is 4.59. The number of hydrogen-bond donors (Lipinski definition) is 0. The fourth-order valence-corrected chi connectivity index (χ4v) is 3.34. The van der Waals surface area contributed by atoms with Gasteiger partial charge in [0, 0.05) is 45.0 Å². The highest BCUT2D eigenvalue weighted by molar-refractivity contribution is 5.98. The molecular formula is C21H25N3O5. The van der Waals surface area contributed by atoms with Gasteiger partial charge in [0.15, 0.2) is 12.4 Å². The second kappa shape index (κ2) is 8.81. The minimum Gasteiger partial charge on any atom is -0.495 e. The third-order valence-corrected chi connectivity index (χ3v) is 5.01. The molecule has 1 fully saturated rings. The molecule has 0 unspecified atom stereocenters. The standard InChI is InChI=1S/C21H25N3O5/c1-15(25)16-12-18(22(2)13-16)21(27)29-14-20(26)24-10-8-23(9-11-24)17-6-4-5-7-19(17)28-3/h4-7,12-13H,8-11,14H2,1-3H3. The van der Waals surface area contributed by atoms with E-state index in [1.165, 1.54) is 17.6 Å². The molecule has 1 aliphatic heterocycles. The quantitative estimate of drug-likeness (QED) is 0.544. The van der Waals surface area contributed by atoms with E-state index in [4.69, 9.17) is 9.47 Å². The lowest BCUT2D eigenvalue weighted by molar-refractivity contribution is -0.134. The molecule has 2 aromatic rings. The summed E-state index contributed by atoms with van der Waals surface area (Å²) in [7, 11) is 3.29. The lowest BCUT2D eigenvalue weighted by atomic mass is 10.2. The molecule has 0 saturated carbocycles. The zero-order valence-electron chi connectivity index (χ0n) is 16.9. The van der Waals surface area contributed by atoms with Gasteiger partial charge < -0.3 is 23.8 Å². The molecule has 8 heteroatoms. The number of Topliss-reactive ketones (excluding diaryl/α,β-unsaturated/α-hetero) is 1. The molecule has 1 saturated heterocycles. The van der Waals surface area contributed by atoms with E-state index in [-0.39, 0.29) is 24.0 Å². The molecule has 1 aromatic carbocycles. The van der Waals surface area contributed by atoms with Crippen molar-refractivity contribution in [1.82, 2.24) is 9.47 Å². The average molecular weight is 399 g/mol. The highest BCUT2D eigenvalue weighted by atomic mass is 16.5. The van der Waals surface area contributed by atoms with Gasteiger partial charge in [0.2, 0.25) is 0 Å². The van der Waals surface area contributed by atoms with E-state index >= 15 is 0 Å². The van der Waals surface area contributed by atoms with Crippen LogP contribution in [0.1, 0.15) is 27.8 Å². The van der Waals surface area contributed by atoms with Crippen LogP contribution in [0.25, 0.3) is 0 Å². The Kier molecular flexibility index (Phi) is 6.21. The Morgan fingerprint density at radius 1 is 1.07 bits per heavy atom. The van der Waals surface area contributed by atoms with Crippen LogP contribution in [-0.4, -0.2) is 67.0 Å². The van der Waals surface area contributed by atoms with E-state index < -0.39 is 5.97 Å². The van der Waals surface area contributed by atoms with Crippen LogP contribution in [0.15, 0.2) is 36.5 Å². The number of aromatic nitrogens is 1. The number of rotatable bonds is 6. The fourth-order valence-electron chi connectivity index (χ4n) is 3.34. The number of amides is 1. The Morgan fingerprint density at radius 3 is 2.38 bits per heavy atom. The first-order chi connectivity index (χ1) is 13.9. The molecule has 0 N–H and O–H groups in total. The van der Waals surface area contributed by atoms with Gasteiger partial charge in [0.1, 0.15) is 11.4 Å². The lowest BCUT2D eigenvalue weighted by Crippen LogP contribution is -2.50. The normalized spacial score (nSPS) is 13.9. The van der Waals surface area contributed by atoms with Crippen LogP contribution in [0.2, 0.25) is 0 Å². The number of ketones is 1. The summed E-state index contributed by atoms with van der Waals surface area (Å²) < 4.78 is 12.1. The van der Waals surface area contributed by atoms with Crippen LogP contribution >= 0.6 is 0 Å². The number of aryl methyl sites for hydroxylation is 1. The minimum atomic E-state index is -0.624. The van der Waals surface area contributed by atoms with Crippen molar-refractivity contribution in [3.05, 3.63) is 47.8 Å². The average Bonchev–Trinajstić information content (AvgIpc) is 3.14. The predicted octanol–water partition coefficient (Wildman–Crippen LogP) is 1.74. The molecule has 154 valence electrons. The van der Waals surface area contributed by atoms with Gasteiger partial charge in [0.25, 0.3) is 5.91 Å². The van der Waals surface area contributed by atoms with E-state index in [2.05, 4.69) is 4.90 Å². The van der Waals surface area contributed by atoms with Crippen molar-refractivity contribution in [3.8, 4) is 5.75 Å². The van der Waals surface area contributed by atoms with Crippen molar-refractivity contribution >= 4 is 23.3 Å². The summed E-state index contributed by atoms with van der Waals surface area (Å²) in [6.45, 7) is 3.51. The molecule has 1 amide bonds. The minimum absolute atomic E-state index is 0.136. The van der Waals surface area contributed by atoms with E-state index in [9.17, 15) is 14.4 Å². The maximum atomic E-state index is 12.4. The van der Waals surface area contributed by atoms with Crippen LogP contribution in [0.3, 0.4) is 0 Å². The number of ether oxygens (including phenoxy) is 2. The van der Waals surface area contributed by atoms with Gasteiger partial charge >= 0.3 is 5.97 Å². The SMILES string of the molecule is COc1ccccc1N1CCN(C(=O)COC(=O)c2cc(C(C)=O)cn2C)CC1. The lowest BCUT2D eigenvalue weighted by Gasteiger charge is -2.36. The van der Waals surface area contributed by atoms with E-state index in [1.54, 1.807) is 25.3 Å². The maximum Gasteiger partial charge on any atom is 0.355 e. The number of esters is 1. The Bertz CT molecular complexity index is 913. The van der Waals surface area contributed by atoms with Crippen molar-refractivity contribution in [2.24, 2.45) is 7.05 Å². The van der Waals surface area contributed by atoms with Crippen LogP contribution in [-0.2, 0) is 16.6 Å². The summed E-state index contributed by atoms with van der Waals surface area (Å²) in [6, 6.07) is 9.25. The van der Waals surface area contributed by atoms with Gasteiger partial charge in [-0.15, -0.1) is 0 Å². The van der Waals surface area contributed by atoms with Crippen LogP contribution in [0.4, 0.5) is 5.69 Å². The van der Waals surface area contributed by atoms with Gasteiger partial charge in [-0.1, -0.05) is 12.1 Å². The number of carbonyl (C=O) groups excluding carboxylic acids is 3. The number of hydrogen-bond acceptors (Lipinski definition) is 6. The predicted molar refractivity (Wildman–Crippen MR) is 107 cm³/mol. The molecule has 0 spiro atoms. The molecule has 0 radical (unpaired) electrons. The molecule has 1 aromatic heterocycles. The van der Waals surface area contributed by atoms with Gasteiger partial charge in [0.05, 0.1) is 12.8 Å². The Labute approximate surface area is 169 Å². The van der Waals surface area contributed by atoms with Crippen molar-refractivity contribution in [3.63, 3.8) is 0 Å². The van der Waals surface area contributed by atoms with Gasteiger partial charge in [-0.3, -0.25) is 9.59 Å². The number of nitrogens with zero attached hydrogens (tertiary/aromatic N) is 3. The topological polar surface area (TPSA) is 81.1 Å². The molecule has 1 aliphatic rings. The summed E-state index contributed by atoms with van der Waals surface area (Å²) in [5.41, 5.74) is 1.67. The third-order valence-electron chi connectivity index (χ3n) is 5.01. The van der Waals surface area contributed by atoms with Crippen molar-refractivity contribution in [2.45, 2.75) is 6.92 Å². The first-order valence-corrected chi connectivity index (χ1v) is 9.41. The zero-order valence-corrected chi connectivity index (χ0v) is 16.9. The zero-order chi connectivity index (χ0) is 21.0. The Hall–Kier alpha value is -3.29. The first kappa shape index (κ1) is 20.4. The van der Waals surface area contributed by atoms with Crippen molar-refractivity contribution in [2.75, 3.05) is 44.8 Å². The molecule has 2 heterocycles. The largest absolute Gasteiger partial charge is 0.495 e. The van der Waals surface area contributed by atoms with Crippen LogP contribution in [0.5, 0.6) is 5.75 Å². The summed E-state index contributed by atoms with van der Waals surface area (Å²) >= 11 is 0. The Morgan fingerprint density at radius 2 is 1.76 bits per heavy atom. The second-order valence-corrected chi connectivity index (χ2v) is 6.90. The van der Waals surface area contributed by atoms with E-state index in [0.29, 0.717) is 31.7 Å². The molecule has 0 aliphatic carbocycles. The van der Waals surface area contributed by atoms with Crippen molar-refractivity contribution in [1.29, 1.82) is 0 Å². The molecule has 8 nitrogen and oxygen atoms in total. The molecule has 29 heavy (non-hydrogen) atoms. The molecule has 0 bridgehead atoms. The molecule has 0 atom stereocenters. The number of anilines is 1. The van der Waals surface area contributed by atoms with Crippen LogP contribution < -0.4 is 9.64 Å². The smallest absolute Gasteiger partial charge is 0.355 e. The number of piperazine rings is 1. The second-order valence-electron chi connectivity index (χ2n) is 6.90.